The lowest BCUT2D eigenvalue weighted by atomic mass is 9.98. The Hall–Kier alpha value is -4.49. The van der Waals surface area contributed by atoms with Crippen molar-refractivity contribution in [3.8, 4) is 11.5 Å². The number of benzene rings is 2. The molecule has 1 heterocycles. The lowest BCUT2D eigenvalue weighted by molar-refractivity contribution is -0.757. The number of rotatable bonds is 18. The van der Waals surface area contributed by atoms with Crippen LogP contribution < -0.4 is 9.47 Å². The van der Waals surface area contributed by atoms with Crippen LogP contribution in [0.3, 0.4) is 0 Å². The first-order chi connectivity index (χ1) is 21.8. The zero-order valence-electron chi connectivity index (χ0n) is 25.6. The molecule has 0 N–H and O–H groups in total. The second-order valence-electron chi connectivity index (χ2n) is 10.2. The van der Waals surface area contributed by atoms with Crippen molar-refractivity contribution >= 4 is 24.0 Å². The number of methoxy groups -OCH3 is 1. The minimum absolute atomic E-state index is 0.0645. The van der Waals surface area contributed by atoms with E-state index in [0.29, 0.717) is 56.7 Å². The smallest absolute Gasteiger partial charge is 0.344 e. The van der Waals surface area contributed by atoms with Gasteiger partial charge in [-0.05, 0) is 55.5 Å². The van der Waals surface area contributed by atoms with E-state index in [1.807, 2.05) is 11.8 Å². The SMILES string of the molecule is CCCCC(OC(=O)CN1CCOCC1)c1ccccc1C(=O)Oc1ccc(/C=C/C(=O)OCCCCO[N+](=O)[O-])cc1OC. The third kappa shape index (κ3) is 12.2. The molecule has 13 heteroatoms. The van der Waals surface area contributed by atoms with E-state index in [4.69, 9.17) is 23.7 Å². The maximum atomic E-state index is 13.4. The maximum Gasteiger partial charge on any atom is 0.344 e. The van der Waals surface area contributed by atoms with E-state index in [-0.39, 0.29) is 42.8 Å². The van der Waals surface area contributed by atoms with Crippen LogP contribution in [0.4, 0.5) is 0 Å². The highest BCUT2D eigenvalue weighted by Gasteiger charge is 2.25. The molecule has 45 heavy (non-hydrogen) atoms. The predicted octanol–water partition coefficient (Wildman–Crippen LogP) is 4.57. The van der Waals surface area contributed by atoms with Crippen molar-refractivity contribution in [1.82, 2.24) is 4.90 Å². The van der Waals surface area contributed by atoms with Crippen LogP contribution in [0.15, 0.2) is 48.5 Å². The molecular weight excluding hydrogens is 588 g/mol. The Kier molecular flexibility index (Phi) is 14.8. The second-order valence-corrected chi connectivity index (χ2v) is 10.2. The number of nitrogens with zero attached hydrogens (tertiary/aromatic N) is 2. The van der Waals surface area contributed by atoms with Gasteiger partial charge in [-0.1, -0.05) is 37.6 Å². The molecule has 13 nitrogen and oxygen atoms in total. The highest BCUT2D eigenvalue weighted by molar-refractivity contribution is 5.93. The lowest BCUT2D eigenvalue weighted by Crippen LogP contribution is -2.40. The summed E-state index contributed by atoms with van der Waals surface area (Å²) in [5, 5.41) is 9.27. The molecule has 1 unspecified atom stereocenters. The van der Waals surface area contributed by atoms with Gasteiger partial charge in [-0.3, -0.25) is 9.69 Å². The van der Waals surface area contributed by atoms with Crippen molar-refractivity contribution < 1.29 is 48.0 Å². The summed E-state index contributed by atoms with van der Waals surface area (Å²) in [6.45, 7) is 4.68. The second kappa shape index (κ2) is 19.0. The summed E-state index contributed by atoms with van der Waals surface area (Å²) in [6, 6.07) is 11.7. The fraction of sp³-hybridized carbons (Fsp3) is 0.469. The molecule has 0 aliphatic carbocycles. The molecule has 1 saturated heterocycles. The van der Waals surface area contributed by atoms with Gasteiger partial charge >= 0.3 is 17.9 Å². The number of unbranched alkanes of at least 4 members (excludes halogenated alkanes) is 2. The Morgan fingerprint density at radius 3 is 2.53 bits per heavy atom. The molecule has 2 aromatic rings. The van der Waals surface area contributed by atoms with Crippen LogP contribution in [0.5, 0.6) is 11.5 Å². The number of esters is 3. The van der Waals surface area contributed by atoms with Crippen LogP contribution in [0.2, 0.25) is 0 Å². The first kappa shape index (κ1) is 35.0. The average Bonchev–Trinajstić information content (AvgIpc) is 3.04. The number of hydrogen-bond donors (Lipinski definition) is 0. The standard InChI is InChI=1S/C32H40N2O11/c1-3-4-11-27(44-31(36)23-33-16-20-41-21-17-33)25-9-5-6-10-26(25)32(37)45-28-14-12-24(22-29(28)40-2)13-15-30(35)42-18-7-8-19-43-34(38)39/h5-6,9-10,12-15,22,27H,3-4,7-8,11,16-21,23H2,1-2H3/b15-13+. The molecule has 244 valence electrons. The summed E-state index contributed by atoms with van der Waals surface area (Å²) in [5.74, 6) is -1.15. The van der Waals surface area contributed by atoms with Gasteiger partial charge in [-0.25, -0.2) is 9.59 Å². The molecule has 1 fully saturated rings. The maximum absolute atomic E-state index is 13.4. The van der Waals surface area contributed by atoms with E-state index in [0.717, 1.165) is 12.8 Å². The van der Waals surface area contributed by atoms with Crippen LogP contribution in [0.25, 0.3) is 6.08 Å². The monoisotopic (exact) mass is 628 g/mol. The third-order valence-corrected chi connectivity index (χ3v) is 6.86. The molecule has 1 aliphatic rings. The largest absolute Gasteiger partial charge is 0.493 e. The van der Waals surface area contributed by atoms with Crippen molar-refractivity contribution in [2.24, 2.45) is 0 Å². The summed E-state index contributed by atoms with van der Waals surface area (Å²) in [7, 11) is 1.43. The lowest BCUT2D eigenvalue weighted by Gasteiger charge is -2.27. The Labute approximate surface area is 262 Å². The molecule has 3 rings (SSSR count). The van der Waals surface area contributed by atoms with Crippen molar-refractivity contribution in [3.63, 3.8) is 0 Å². The first-order valence-electron chi connectivity index (χ1n) is 14.9. The van der Waals surface area contributed by atoms with Crippen LogP contribution in [-0.4, -0.2) is 81.1 Å². The molecule has 1 aliphatic heterocycles. The molecule has 0 aromatic heterocycles. The Bertz CT molecular complexity index is 1310. The van der Waals surface area contributed by atoms with Gasteiger partial charge in [0, 0.05) is 24.7 Å². The highest BCUT2D eigenvalue weighted by Crippen LogP contribution is 2.32. The van der Waals surface area contributed by atoms with E-state index < -0.39 is 23.1 Å². The third-order valence-electron chi connectivity index (χ3n) is 6.86. The fourth-order valence-electron chi connectivity index (χ4n) is 4.52. The van der Waals surface area contributed by atoms with Gasteiger partial charge in [0.15, 0.2) is 11.5 Å². The van der Waals surface area contributed by atoms with Gasteiger partial charge in [0.1, 0.15) is 6.10 Å². The molecule has 0 amide bonds. The zero-order valence-corrected chi connectivity index (χ0v) is 25.6. The van der Waals surface area contributed by atoms with Crippen LogP contribution in [0, 0.1) is 10.1 Å². The minimum atomic E-state index is -0.869. The molecule has 0 spiro atoms. The van der Waals surface area contributed by atoms with Crippen molar-refractivity contribution in [2.75, 3.05) is 53.2 Å². The van der Waals surface area contributed by atoms with E-state index in [9.17, 15) is 24.5 Å². The van der Waals surface area contributed by atoms with Gasteiger partial charge in [-0.15, -0.1) is 10.1 Å². The van der Waals surface area contributed by atoms with Crippen molar-refractivity contribution in [1.29, 1.82) is 0 Å². The molecular formula is C32H40N2O11. The number of carbonyl (C=O) groups excluding carboxylic acids is 3. The zero-order chi connectivity index (χ0) is 32.4. The normalized spacial score (nSPS) is 14.0. The van der Waals surface area contributed by atoms with Gasteiger partial charge in [-0.2, -0.15) is 0 Å². The van der Waals surface area contributed by atoms with Crippen LogP contribution >= 0.6 is 0 Å². The van der Waals surface area contributed by atoms with Crippen LogP contribution in [0.1, 0.15) is 66.6 Å². The summed E-state index contributed by atoms with van der Waals surface area (Å²) < 4.78 is 27.5. The predicted molar refractivity (Wildman–Crippen MR) is 162 cm³/mol. The number of hydrogen-bond acceptors (Lipinski definition) is 12. The molecule has 1 atom stereocenters. The summed E-state index contributed by atoms with van der Waals surface area (Å²) in [4.78, 5) is 54.6. The minimum Gasteiger partial charge on any atom is -0.493 e. The molecule has 2 aromatic carbocycles. The molecule has 0 bridgehead atoms. The van der Waals surface area contributed by atoms with Gasteiger partial charge in [0.2, 0.25) is 0 Å². The summed E-state index contributed by atoms with van der Waals surface area (Å²) in [6.07, 6.45) is 5.17. The van der Waals surface area contributed by atoms with Gasteiger partial charge in [0.25, 0.3) is 5.09 Å². The average molecular weight is 629 g/mol. The number of ether oxygens (including phenoxy) is 5. The van der Waals surface area contributed by atoms with Crippen molar-refractivity contribution in [2.45, 2.75) is 45.1 Å². The van der Waals surface area contributed by atoms with Gasteiger partial charge < -0.3 is 28.5 Å². The quantitative estimate of drug-likeness (QED) is 0.0568. The Morgan fingerprint density at radius 2 is 1.80 bits per heavy atom. The number of carbonyl (C=O) groups is 3. The Morgan fingerprint density at radius 1 is 1.04 bits per heavy atom. The van der Waals surface area contributed by atoms with E-state index in [1.54, 1.807) is 42.5 Å². The summed E-state index contributed by atoms with van der Waals surface area (Å²) >= 11 is 0. The van der Waals surface area contributed by atoms with E-state index >= 15 is 0 Å². The molecule has 0 radical (unpaired) electrons. The fourth-order valence-corrected chi connectivity index (χ4v) is 4.52. The summed E-state index contributed by atoms with van der Waals surface area (Å²) in [5.41, 5.74) is 1.43. The van der Waals surface area contributed by atoms with E-state index in [1.165, 1.54) is 19.3 Å². The van der Waals surface area contributed by atoms with Crippen molar-refractivity contribution in [3.05, 3.63) is 75.3 Å². The van der Waals surface area contributed by atoms with Gasteiger partial charge in [0.05, 0.1) is 45.6 Å². The topological polar surface area (TPSA) is 153 Å². The van der Waals surface area contributed by atoms with E-state index in [2.05, 4.69) is 4.84 Å². The highest BCUT2D eigenvalue weighted by atomic mass is 16.9. The van der Waals surface area contributed by atoms with Crippen LogP contribution in [-0.2, 0) is 28.6 Å². The Balaban J connectivity index is 1.64. The first-order valence-corrected chi connectivity index (χ1v) is 14.9. The number of morpholine rings is 1. The molecule has 0 saturated carbocycles.